The highest BCUT2D eigenvalue weighted by Gasteiger charge is 2.27. The summed E-state index contributed by atoms with van der Waals surface area (Å²) in [6, 6.07) is 6.85. The summed E-state index contributed by atoms with van der Waals surface area (Å²) in [5.41, 5.74) is 0.635. The summed E-state index contributed by atoms with van der Waals surface area (Å²) >= 11 is 0. The number of hydrogen-bond acceptors (Lipinski definition) is 3. The largest absolute Gasteiger partial charge is 0.494 e. The van der Waals surface area contributed by atoms with Crippen molar-refractivity contribution in [3.8, 4) is 5.75 Å². The molecule has 20 heavy (non-hydrogen) atoms. The maximum absolute atomic E-state index is 11.9. The number of rotatable bonds is 7. The van der Waals surface area contributed by atoms with Gasteiger partial charge < -0.3 is 15.4 Å². The number of nitrogens with one attached hydrogen (secondary N) is 2. The Morgan fingerprint density at radius 3 is 2.45 bits per heavy atom. The van der Waals surface area contributed by atoms with E-state index in [1.165, 1.54) is 0 Å². The summed E-state index contributed by atoms with van der Waals surface area (Å²) < 4.78 is 41.0. The van der Waals surface area contributed by atoms with Crippen LogP contribution in [0.1, 0.15) is 13.3 Å². The quantitative estimate of drug-likeness (QED) is 0.811. The monoisotopic (exact) mass is 290 g/mol. The second-order valence-electron chi connectivity index (χ2n) is 4.12. The van der Waals surface area contributed by atoms with Crippen molar-refractivity contribution in [3.63, 3.8) is 0 Å². The molecule has 0 aliphatic rings. The fourth-order valence-corrected chi connectivity index (χ4v) is 1.33. The van der Waals surface area contributed by atoms with Gasteiger partial charge in [-0.3, -0.25) is 4.79 Å². The van der Waals surface area contributed by atoms with E-state index in [0.717, 1.165) is 6.42 Å². The van der Waals surface area contributed by atoms with Crippen molar-refractivity contribution in [3.05, 3.63) is 24.3 Å². The molecule has 4 nitrogen and oxygen atoms in total. The average molecular weight is 290 g/mol. The smallest absolute Gasteiger partial charge is 0.405 e. The zero-order valence-corrected chi connectivity index (χ0v) is 11.1. The van der Waals surface area contributed by atoms with E-state index in [1.54, 1.807) is 29.6 Å². The van der Waals surface area contributed by atoms with Gasteiger partial charge >= 0.3 is 6.18 Å². The van der Waals surface area contributed by atoms with Gasteiger partial charge in [-0.1, -0.05) is 6.92 Å². The van der Waals surface area contributed by atoms with Crippen molar-refractivity contribution >= 4 is 11.6 Å². The molecule has 1 aromatic rings. The van der Waals surface area contributed by atoms with Crippen LogP contribution >= 0.6 is 0 Å². The van der Waals surface area contributed by atoms with E-state index >= 15 is 0 Å². The summed E-state index contributed by atoms with van der Waals surface area (Å²) in [6.45, 7) is 1.07. The van der Waals surface area contributed by atoms with E-state index in [2.05, 4.69) is 5.32 Å². The van der Waals surface area contributed by atoms with Crippen molar-refractivity contribution in [1.29, 1.82) is 0 Å². The summed E-state index contributed by atoms with van der Waals surface area (Å²) in [5.74, 6) is -0.00689. The number of anilines is 1. The molecule has 0 fully saturated rings. The molecular weight excluding hydrogens is 273 g/mol. The minimum atomic E-state index is -4.39. The molecular formula is C13H17F3N2O2. The van der Waals surface area contributed by atoms with Crippen LogP contribution in [0.4, 0.5) is 18.9 Å². The molecule has 7 heteroatoms. The third kappa shape index (κ3) is 6.86. The van der Waals surface area contributed by atoms with E-state index in [4.69, 9.17) is 4.74 Å². The lowest BCUT2D eigenvalue weighted by Crippen LogP contribution is -2.37. The van der Waals surface area contributed by atoms with Gasteiger partial charge in [0.15, 0.2) is 0 Å². The molecule has 0 saturated heterocycles. The number of amides is 1. The number of benzene rings is 1. The Bertz CT molecular complexity index is 419. The number of halogens is 3. The van der Waals surface area contributed by atoms with Crippen LogP contribution in [-0.2, 0) is 4.79 Å². The average Bonchev–Trinajstić information content (AvgIpc) is 2.41. The molecule has 2 N–H and O–H groups in total. The van der Waals surface area contributed by atoms with Crippen LogP contribution in [-0.4, -0.2) is 31.8 Å². The highest BCUT2D eigenvalue weighted by Crippen LogP contribution is 2.15. The van der Waals surface area contributed by atoms with Crippen LogP contribution in [0.5, 0.6) is 5.75 Å². The Morgan fingerprint density at radius 1 is 1.25 bits per heavy atom. The Kier molecular flexibility index (Phi) is 6.14. The predicted octanol–water partition coefficient (Wildman–Crippen LogP) is 2.57. The summed E-state index contributed by atoms with van der Waals surface area (Å²) in [7, 11) is 0. The van der Waals surface area contributed by atoms with Gasteiger partial charge in [-0.25, -0.2) is 0 Å². The van der Waals surface area contributed by atoms with Crippen molar-refractivity contribution < 1.29 is 22.7 Å². The Morgan fingerprint density at radius 2 is 1.90 bits per heavy atom. The third-order valence-electron chi connectivity index (χ3n) is 2.27. The van der Waals surface area contributed by atoms with E-state index < -0.39 is 18.6 Å². The van der Waals surface area contributed by atoms with E-state index in [1.807, 2.05) is 6.92 Å². The van der Waals surface area contributed by atoms with Crippen molar-refractivity contribution in [2.45, 2.75) is 19.5 Å². The van der Waals surface area contributed by atoms with Gasteiger partial charge in [-0.2, -0.15) is 13.2 Å². The van der Waals surface area contributed by atoms with Gasteiger partial charge in [0.05, 0.1) is 13.2 Å². The molecule has 0 aromatic heterocycles. The normalized spacial score (nSPS) is 11.0. The van der Waals surface area contributed by atoms with Crippen molar-refractivity contribution in [1.82, 2.24) is 5.32 Å². The number of ether oxygens (including phenoxy) is 1. The molecule has 0 heterocycles. The van der Waals surface area contributed by atoms with Gasteiger partial charge in [-0.15, -0.1) is 0 Å². The number of carbonyl (C=O) groups excluding carboxylic acids is 1. The highest BCUT2D eigenvalue weighted by atomic mass is 19.4. The lowest BCUT2D eigenvalue weighted by molar-refractivity contribution is -0.137. The third-order valence-corrected chi connectivity index (χ3v) is 2.27. The van der Waals surface area contributed by atoms with Crippen LogP contribution in [0.25, 0.3) is 0 Å². The number of carbonyl (C=O) groups is 1. The summed E-state index contributed by atoms with van der Waals surface area (Å²) in [5, 5.41) is 4.51. The molecule has 0 spiro atoms. The van der Waals surface area contributed by atoms with Crippen LogP contribution in [0, 0.1) is 0 Å². The fourth-order valence-electron chi connectivity index (χ4n) is 1.33. The SMILES string of the molecule is CCCOc1ccc(NCC(=O)NCC(F)(F)F)cc1. The van der Waals surface area contributed by atoms with Crippen LogP contribution in [0.15, 0.2) is 24.3 Å². The summed E-state index contributed by atoms with van der Waals surface area (Å²) in [4.78, 5) is 11.2. The maximum atomic E-state index is 11.9. The minimum Gasteiger partial charge on any atom is -0.494 e. The molecule has 0 radical (unpaired) electrons. The highest BCUT2D eigenvalue weighted by molar-refractivity contribution is 5.80. The van der Waals surface area contributed by atoms with Gasteiger partial charge in [-0.05, 0) is 30.7 Å². The van der Waals surface area contributed by atoms with Gasteiger partial charge in [0.2, 0.25) is 5.91 Å². The lowest BCUT2D eigenvalue weighted by Gasteiger charge is -2.10. The first kappa shape index (κ1) is 16.1. The fraction of sp³-hybridized carbons (Fsp3) is 0.462. The first-order valence-electron chi connectivity index (χ1n) is 6.21. The van der Waals surface area contributed by atoms with Crippen molar-refractivity contribution in [2.24, 2.45) is 0 Å². The second-order valence-corrected chi connectivity index (χ2v) is 4.12. The Labute approximate surface area is 115 Å². The van der Waals surface area contributed by atoms with E-state index in [-0.39, 0.29) is 6.54 Å². The molecule has 0 bridgehead atoms. The minimum absolute atomic E-state index is 0.217. The number of alkyl halides is 3. The summed E-state index contributed by atoms with van der Waals surface area (Å²) in [6.07, 6.45) is -3.49. The standard InChI is InChI=1S/C13H17F3N2O2/c1-2-7-20-11-5-3-10(4-6-11)17-8-12(19)18-9-13(14,15)16/h3-6,17H,2,7-9H2,1H3,(H,18,19). The Balaban J connectivity index is 2.32. The Hall–Kier alpha value is -1.92. The zero-order chi connectivity index (χ0) is 15.0. The predicted molar refractivity (Wildman–Crippen MR) is 69.8 cm³/mol. The van der Waals surface area contributed by atoms with Crippen LogP contribution < -0.4 is 15.4 Å². The number of hydrogen-bond donors (Lipinski definition) is 2. The van der Waals surface area contributed by atoms with Crippen LogP contribution in [0.2, 0.25) is 0 Å². The molecule has 0 aliphatic carbocycles. The van der Waals surface area contributed by atoms with Crippen molar-refractivity contribution in [2.75, 3.05) is 25.0 Å². The lowest BCUT2D eigenvalue weighted by atomic mass is 10.3. The van der Waals surface area contributed by atoms with Gasteiger partial charge in [0.1, 0.15) is 12.3 Å². The molecule has 1 rings (SSSR count). The molecule has 0 aliphatic heterocycles. The van der Waals surface area contributed by atoms with Crippen LogP contribution in [0.3, 0.4) is 0 Å². The molecule has 0 unspecified atom stereocenters. The first-order valence-corrected chi connectivity index (χ1v) is 6.21. The van der Waals surface area contributed by atoms with Gasteiger partial charge in [0, 0.05) is 5.69 Å². The van der Waals surface area contributed by atoms with E-state index in [0.29, 0.717) is 18.0 Å². The van der Waals surface area contributed by atoms with E-state index in [9.17, 15) is 18.0 Å². The molecule has 1 amide bonds. The molecule has 112 valence electrons. The molecule has 0 saturated carbocycles. The first-order chi connectivity index (χ1) is 9.40. The molecule has 0 atom stereocenters. The second kappa shape index (κ2) is 7.62. The van der Waals surface area contributed by atoms with Gasteiger partial charge in [0.25, 0.3) is 0 Å². The topological polar surface area (TPSA) is 50.4 Å². The zero-order valence-electron chi connectivity index (χ0n) is 11.1. The molecule has 1 aromatic carbocycles. The maximum Gasteiger partial charge on any atom is 0.405 e.